The minimum absolute atomic E-state index is 0.00811. The Labute approximate surface area is 148 Å². The van der Waals surface area contributed by atoms with Gasteiger partial charge in [0.1, 0.15) is 0 Å². The van der Waals surface area contributed by atoms with E-state index >= 15 is 0 Å². The maximum Gasteiger partial charge on any atom is 0.315 e. The Balaban J connectivity index is 1.68. The number of rotatable bonds is 5. The predicted octanol–water partition coefficient (Wildman–Crippen LogP) is 2.47. The molecule has 0 radical (unpaired) electrons. The summed E-state index contributed by atoms with van der Waals surface area (Å²) in [6, 6.07) is 10.1. The summed E-state index contributed by atoms with van der Waals surface area (Å²) in [5.41, 5.74) is 1.32. The summed E-state index contributed by atoms with van der Waals surface area (Å²) in [6.45, 7) is 3.98. The third-order valence-electron chi connectivity index (χ3n) is 5.41. The molecule has 0 aliphatic heterocycles. The van der Waals surface area contributed by atoms with E-state index in [0.29, 0.717) is 5.82 Å². The molecule has 2 atom stereocenters. The van der Waals surface area contributed by atoms with Gasteiger partial charge in [0.15, 0.2) is 5.82 Å². The molecular weight excluding hydrogens is 316 g/mol. The highest BCUT2D eigenvalue weighted by Gasteiger charge is 2.41. The molecule has 2 amide bonds. The van der Waals surface area contributed by atoms with Crippen molar-refractivity contribution in [2.24, 2.45) is 7.05 Å². The van der Waals surface area contributed by atoms with Crippen molar-refractivity contribution in [2.45, 2.75) is 57.0 Å². The van der Waals surface area contributed by atoms with Gasteiger partial charge in [-0.25, -0.2) is 9.48 Å². The van der Waals surface area contributed by atoms with Crippen LogP contribution in [0.5, 0.6) is 0 Å². The Hall–Kier alpha value is -2.44. The number of carbonyl (C=O) groups is 1. The van der Waals surface area contributed by atoms with Gasteiger partial charge in [-0.05, 0) is 42.7 Å². The van der Waals surface area contributed by atoms with Crippen molar-refractivity contribution in [3.05, 3.63) is 41.7 Å². The van der Waals surface area contributed by atoms with Crippen molar-refractivity contribution in [2.75, 3.05) is 0 Å². The fourth-order valence-electron chi connectivity index (χ4n) is 3.99. The monoisotopic (exact) mass is 342 g/mol. The Bertz CT molecular complexity index is 707. The molecule has 1 aromatic heterocycles. The minimum Gasteiger partial charge on any atom is -0.335 e. The number of urea groups is 1. The number of nitrogens with zero attached hydrogens (tertiary/aromatic N) is 4. The van der Waals surface area contributed by atoms with Gasteiger partial charge in [0.25, 0.3) is 0 Å². The normalized spacial score (nSPS) is 18.5. The van der Waals surface area contributed by atoms with Gasteiger partial charge in [0.2, 0.25) is 0 Å². The Morgan fingerprint density at radius 1 is 1.16 bits per heavy atom. The Kier molecular flexibility index (Phi) is 5.01. The molecule has 7 heteroatoms. The second-order valence-corrected chi connectivity index (χ2v) is 6.95. The van der Waals surface area contributed by atoms with Crippen molar-refractivity contribution in [3.8, 4) is 0 Å². The third-order valence-corrected chi connectivity index (χ3v) is 5.41. The summed E-state index contributed by atoms with van der Waals surface area (Å²) in [5.74, 6) is 0.626. The first-order valence-electron chi connectivity index (χ1n) is 8.88. The first-order valence-corrected chi connectivity index (χ1v) is 8.88. The van der Waals surface area contributed by atoms with Crippen molar-refractivity contribution >= 4 is 6.03 Å². The molecule has 1 saturated carbocycles. The number of hydrogen-bond acceptors (Lipinski definition) is 4. The molecule has 0 saturated heterocycles. The van der Waals surface area contributed by atoms with Crippen LogP contribution >= 0.6 is 0 Å². The number of amides is 2. The smallest absolute Gasteiger partial charge is 0.315 e. The van der Waals surface area contributed by atoms with E-state index in [1.54, 1.807) is 11.7 Å². The molecule has 1 aliphatic carbocycles. The van der Waals surface area contributed by atoms with Crippen LogP contribution in [0.3, 0.4) is 0 Å². The lowest BCUT2D eigenvalue weighted by Crippen LogP contribution is -2.51. The van der Waals surface area contributed by atoms with E-state index < -0.39 is 0 Å². The SMILES string of the molecule is CC(NC(=O)NC(C)C1(c2ccccc2)CCCC1)c1nnnn1C. The van der Waals surface area contributed by atoms with Gasteiger partial charge in [0, 0.05) is 18.5 Å². The number of aromatic nitrogens is 4. The summed E-state index contributed by atoms with van der Waals surface area (Å²) >= 11 is 0. The molecule has 1 fully saturated rings. The molecule has 25 heavy (non-hydrogen) atoms. The number of tetrazole rings is 1. The lowest BCUT2D eigenvalue weighted by molar-refractivity contribution is 0.223. The van der Waals surface area contributed by atoms with Gasteiger partial charge in [-0.1, -0.05) is 43.2 Å². The molecule has 2 unspecified atom stereocenters. The lowest BCUT2D eigenvalue weighted by Gasteiger charge is -2.36. The van der Waals surface area contributed by atoms with Crippen molar-refractivity contribution in [1.29, 1.82) is 0 Å². The maximum absolute atomic E-state index is 12.5. The van der Waals surface area contributed by atoms with Crippen LogP contribution in [0.15, 0.2) is 30.3 Å². The van der Waals surface area contributed by atoms with Crippen molar-refractivity contribution < 1.29 is 4.79 Å². The largest absolute Gasteiger partial charge is 0.335 e. The molecule has 1 aromatic carbocycles. The van der Waals surface area contributed by atoms with Crippen LogP contribution in [0.1, 0.15) is 57.0 Å². The fourth-order valence-corrected chi connectivity index (χ4v) is 3.99. The summed E-state index contributed by atoms with van der Waals surface area (Å²) in [6.07, 6.45) is 4.59. The Morgan fingerprint density at radius 3 is 2.44 bits per heavy atom. The molecular formula is C18H26N6O. The number of nitrogens with one attached hydrogen (secondary N) is 2. The zero-order valence-corrected chi connectivity index (χ0v) is 15.1. The van der Waals surface area contributed by atoms with Crippen LogP contribution in [0.4, 0.5) is 4.79 Å². The second kappa shape index (κ2) is 7.21. The summed E-state index contributed by atoms with van der Waals surface area (Å²) in [4.78, 5) is 12.5. The summed E-state index contributed by atoms with van der Waals surface area (Å²) < 4.78 is 1.57. The highest BCUT2D eigenvalue weighted by Crippen LogP contribution is 2.43. The second-order valence-electron chi connectivity index (χ2n) is 6.95. The standard InChI is InChI=1S/C18H26N6O/c1-13(16-21-22-23-24(16)3)19-17(25)20-14(2)18(11-7-8-12-18)15-9-5-4-6-10-15/h4-6,9-10,13-14H,7-8,11-12H2,1-3H3,(H2,19,20,25). The van der Waals surface area contributed by atoms with Gasteiger partial charge < -0.3 is 10.6 Å². The Morgan fingerprint density at radius 2 is 1.84 bits per heavy atom. The zero-order chi connectivity index (χ0) is 17.9. The first kappa shape index (κ1) is 17.4. The molecule has 2 N–H and O–H groups in total. The number of benzene rings is 1. The van der Waals surface area contributed by atoms with Gasteiger partial charge >= 0.3 is 6.03 Å². The average molecular weight is 342 g/mol. The quantitative estimate of drug-likeness (QED) is 0.874. The topological polar surface area (TPSA) is 84.7 Å². The van der Waals surface area contributed by atoms with Crippen LogP contribution < -0.4 is 10.6 Å². The highest BCUT2D eigenvalue weighted by atomic mass is 16.2. The highest BCUT2D eigenvalue weighted by molar-refractivity contribution is 5.74. The van der Waals surface area contributed by atoms with E-state index in [-0.39, 0.29) is 23.5 Å². The van der Waals surface area contributed by atoms with Crippen LogP contribution in [0, 0.1) is 0 Å². The number of hydrogen-bond donors (Lipinski definition) is 2. The van der Waals surface area contributed by atoms with Gasteiger partial charge in [-0.15, -0.1) is 5.10 Å². The first-order chi connectivity index (χ1) is 12.0. The molecule has 3 rings (SSSR count). The van der Waals surface area contributed by atoms with Gasteiger partial charge in [-0.2, -0.15) is 0 Å². The van der Waals surface area contributed by atoms with Gasteiger partial charge in [0.05, 0.1) is 6.04 Å². The molecule has 0 bridgehead atoms. The van der Waals surface area contributed by atoms with E-state index in [9.17, 15) is 4.79 Å². The van der Waals surface area contributed by atoms with E-state index in [2.05, 4.69) is 57.3 Å². The maximum atomic E-state index is 12.5. The number of carbonyl (C=O) groups excluding carboxylic acids is 1. The van der Waals surface area contributed by atoms with Crippen molar-refractivity contribution in [1.82, 2.24) is 30.8 Å². The molecule has 2 aromatic rings. The van der Waals surface area contributed by atoms with Crippen LogP contribution in [-0.4, -0.2) is 32.3 Å². The zero-order valence-electron chi connectivity index (χ0n) is 15.1. The molecule has 134 valence electrons. The van der Waals surface area contributed by atoms with E-state index in [4.69, 9.17) is 0 Å². The van der Waals surface area contributed by atoms with E-state index in [1.807, 2.05) is 13.0 Å². The minimum atomic E-state index is -0.261. The lowest BCUT2D eigenvalue weighted by atomic mass is 9.73. The summed E-state index contributed by atoms with van der Waals surface area (Å²) in [5, 5.41) is 17.4. The fraction of sp³-hybridized carbons (Fsp3) is 0.556. The third kappa shape index (κ3) is 3.50. The van der Waals surface area contributed by atoms with Crippen LogP contribution in [-0.2, 0) is 12.5 Å². The number of aryl methyl sites for hydroxylation is 1. The van der Waals surface area contributed by atoms with Crippen LogP contribution in [0.25, 0.3) is 0 Å². The molecule has 1 heterocycles. The summed E-state index contributed by atoms with van der Waals surface area (Å²) in [7, 11) is 1.76. The molecule has 7 nitrogen and oxygen atoms in total. The van der Waals surface area contributed by atoms with Crippen molar-refractivity contribution in [3.63, 3.8) is 0 Å². The van der Waals surface area contributed by atoms with Crippen LogP contribution in [0.2, 0.25) is 0 Å². The average Bonchev–Trinajstić information content (AvgIpc) is 3.25. The van der Waals surface area contributed by atoms with E-state index in [1.165, 1.54) is 18.4 Å². The van der Waals surface area contributed by atoms with E-state index in [0.717, 1.165) is 12.8 Å². The predicted molar refractivity (Wildman–Crippen MR) is 94.9 cm³/mol. The molecule has 1 aliphatic rings. The van der Waals surface area contributed by atoms with Gasteiger partial charge in [-0.3, -0.25) is 0 Å². The molecule has 0 spiro atoms.